The maximum atomic E-state index is 10.8. The van der Waals surface area contributed by atoms with E-state index in [1.165, 1.54) is 0 Å². The molecule has 0 unspecified atom stereocenters. The topological polar surface area (TPSA) is 70.7 Å². The lowest BCUT2D eigenvalue weighted by Gasteiger charge is -2.12. The number of nitrogens with one attached hydrogen (secondary N) is 2. The third-order valence-corrected chi connectivity index (χ3v) is 1.87. The summed E-state index contributed by atoms with van der Waals surface area (Å²) in [5.74, 6) is 0.568. The molecule has 1 atom stereocenters. The van der Waals surface area contributed by atoms with Crippen LogP contribution in [0, 0.1) is 6.92 Å². The molecule has 5 nitrogen and oxygen atoms in total. The molecule has 13 heavy (non-hydrogen) atoms. The van der Waals surface area contributed by atoms with Crippen LogP contribution in [-0.4, -0.2) is 21.2 Å². The number of rotatable bonds is 3. The third-order valence-electron chi connectivity index (χ3n) is 1.87. The molecular weight excluding hydrogens is 168 g/mol. The first-order valence-corrected chi connectivity index (χ1v) is 4.33. The molecule has 0 aliphatic rings. The summed E-state index contributed by atoms with van der Waals surface area (Å²) in [6, 6.07) is 0.301. The van der Waals surface area contributed by atoms with Gasteiger partial charge in [-0.2, -0.15) is 10.1 Å². The summed E-state index contributed by atoms with van der Waals surface area (Å²) >= 11 is 0. The van der Waals surface area contributed by atoms with Crippen molar-refractivity contribution in [1.82, 2.24) is 15.2 Å². The molecule has 0 saturated heterocycles. The van der Waals surface area contributed by atoms with Crippen LogP contribution >= 0.6 is 0 Å². The Bertz CT molecular complexity index is 333. The van der Waals surface area contributed by atoms with E-state index < -0.39 is 5.69 Å². The van der Waals surface area contributed by atoms with Crippen LogP contribution in [0.2, 0.25) is 0 Å². The van der Waals surface area contributed by atoms with Crippen LogP contribution in [0.3, 0.4) is 0 Å². The van der Waals surface area contributed by atoms with E-state index >= 15 is 0 Å². The fourth-order valence-electron chi connectivity index (χ4n) is 0.864. The minimum Gasteiger partial charge on any atom is -0.366 e. The SMILES string of the molecule is CC[C@@H](C)Nc1nc(=O)[nH]nc1C. The van der Waals surface area contributed by atoms with Gasteiger partial charge in [0.15, 0.2) is 5.82 Å². The maximum absolute atomic E-state index is 10.8. The van der Waals surface area contributed by atoms with E-state index in [1.807, 2.05) is 6.92 Å². The van der Waals surface area contributed by atoms with Crippen molar-refractivity contribution in [3.05, 3.63) is 16.2 Å². The number of nitrogens with zero attached hydrogens (tertiary/aromatic N) is 2. The first-order valence-electron chi connectivity index (χ1n) is 4.33. The average Bonchev–Trinajstić information content (AvgIpc) is 2.11. The molecule has 0 aliphatic carbocycles. The Hall–Kier alpha value is -1.39. The highest BCUT2D eigenvalue weighted by molar-refractivity contribution is 5.38. The van der Waals surface area contributed by atoms with Crippen molar-refractivity contribution in [2.24, 2.45) is 0 Å². The lowest BCUT2D eigenvalue weighted by atomic mass is 10.2. The summed E-state index contributed by atoms with van der Waals surface area (Å²) in [5.41, 5.74) is 0.288. The van der Waals surface area contributed by atoms with Gasteiger partial charge < -0.3 is 5.32 Å². The maximum Gasteiger partial charge on any atom is 0.363 e. The molecule has 0 radical (unpaired) electrons. The van der Waals surface area contributed by atoms with Gasteiger partial charge >= 0.3 is 5.69 Å². The first-order chi connectivity index (χ1) is 6.13. The Balaban J connectivity index is 2.87. The molecule has 5 heteroatoms. The quantitative estimate of drug-likeness (QED) is 0.721. The van der Waals surface area contributed by atoms with E-state index in [2.05, 4.69) is 27.4 Å². The largest absolute Gasteiger partial charge is 0.366 e. The Kier molecular flexibility index (Phi) is 3.00. The van der Waals surface area contributed by atoms with Gasteiger partial charge in [-0.1, -0.05) is 6.92 Å². The summed E-state index contributed by atoms with van der Waals surface area (Å²) in [4.78, 5) is 14.6. The molecule has 1 rings (SSSR count). The molecule has 0 fully saturated rings. The summed E-state index contributed by atoms with van der Waals surface area (Å²) in [6.45, 7) is 5.89. The van der Waals surface area contributed by atoms with Gasteiger partial charge in [-0.05, 0) is 20.3 Å². The molecule has 1 aromatic heterocycles. The molecule has 0 saturated carbocycles. The van der Waals surface area contributed by atoms with Crippen molar-refractivity contribution in [3.63, 3.8) is 0 Å². The normalized spacial score (nSPS) is 12.5. The Morgan fingerprint density at radius 1 is 1.62 bits per heavy atom. The molecule has 72 valence electrons. The zero-order chi connectivity index (χ0) is 9.84. The predicted octanol–water partition coefficient (Wildman–Crippen LogP) is 0.684. The van der Waals surface area contributed by atoms with Gasteiger partial charge in [0.25, 0.3) is 0 Å². The zero-order valence-corrected chi connectivity index (χ0v) is 8.09. The number of aromatic amines is 1. The smallest absolute Gasteiger partial charge is 0.363 e. The molecular formula is C8H14N4O. The molecule has 1 aromatic rings. The van der Waals surface area contributed by atoms with Gasteiger partial charge in [0.2, 0.25) is 0 Å². The van der Waals surface area contributed by atoms with Gasteiger partial charge in [-0.25, -0.2) is 9.89 Å². The molecule has 0 bridgehead atoms. The Labute approximate surface area is 76.6 Å². The summed E-state index contributed by atoms with van der Waals surface area (Å²) < 4.78 is 0. The molecule has 0 aromatic carbocycles. The molecule has 2 N–H and O–H groups in total. The predicted molar refractivity (Wildman–Crippen MR) is 50.8 cm³/mol. The number of anilines is 1. The van der Waals surface area contributed by atoms with Gasteiger partial charge in [0.1, 0.15) is 5.69 Å². The summed E-state index contributed by atoms with van der Waals surface area (Å²) in [7, 11) is 0. The van der Waals surface area contributed by atoms with Crippen LogP contribution in [0.15, 0.2) is 4.79 Å². The zero-order valence-electron chi connectivity index (χ0n) is 8.09. The van der Waals surface area contributed by atoms with Crippen LogP contribution < -0.4 is 11.0 Å². The van der Waals surface area contributed by atoms with E-state index in [9.17, 15) is 4.79 Å². The minimum absolute atomic E-state index is 0.301. The van der Waals surface area contributed by atoms with E-state index in [0.717, 1.165) is 6.42 Å². The summed E-state index contributed by atoms with van der Waals surface area (Å²) in [6.07, 6.45) is 0.980. The Morgan fingerprint density at radius 2 is 2.31 bits per heavy atom. The number of aryl methyl sites for hydroxylation is 1. The van der Waals surface area contributed by atoms with Gasteiger partial charge in [-0.15, -0.1) is 0 Å². The number of aromatic nitrogens is 3. The Morgan fingerprint density at radius 3 is 2.92 bits per heavy atom. The van der Waals surface area contributed by atoms with E-state index in [-0.39, 0.29) is 0 Å². The van der Waals surface area contributed by atoms with Crippen molar-refractivity contribution in [2.45, 2.75) is 33.2 Å². The highest BCUT2D eigenvalue weighted by Gasteiger charge is 2.04. The van der Waals surface area contributed by atoms with Crippen LogP contribution in [0.25, 0.3) is 0 Å². The number of hydrogen-bond donors (Lipinski definition) is 2. The van der Waals surface area contributed by atoms with Gasteiger partial charge in [-0.3, -0.25) is 0 Å². The van der Waals surface area contributed by atoms with Gasteiger partial charge in [0, 0.05) is 6.04 Å². The monoisotopic (exact) mass is 182 g/mol. The van der Waals surface area contributed by atoms with E-state index in [4.69, 9.17) is 0 Å². The molecule has 0 aliphatic heterocycles. The first kappa shape index (κ1) is 9.70. The minimum atomic E-state index is -0.420. The van der Waals surface area contributed by atoms with Crippen molar-refractivity contribution >= 4 is 5.82 Å². The standard InChI is InChI=1S/C8H14N4O/c1-4-5(2)9-7-6(3)11-12-8(13)10-7/h5H,4H2,1-3H3,(H2,9,10,12,13)/t5-/m1/s1. The fraction of sp³-hybridized carbons (Fsp3) is 0.625. The second kappa shape index (κ2) is 4.02. The lowest BCUT2D eigenvalue weighted by molar-refractivity contribution is 0.747. The summed E-state index contributed by atoms with van der Waals surface area (Å²) in [5, 5.41) is 9.19. The van der Waals surface area contributed by atoms with Crippen LogP contribution in [-0.2, 0) is 0 Å². The fourth-order valence-corrected chi connectivity index (χ4v) is 0.864. The van der Waals surface area contributed by atoms with Crippen molar-refractivity contribution in [3.8, 4) is 0 Å². The molecule has 0 amide bonds. The van der Waals surface area contributed by atoms with E-state index in [0.29, 0.717) is 17.6 Å². The van der Waals surface area contributed by atoms with Crippen molar-refractivity contribution in [1.29, 1.82) is 0 Å². The lowest BCUT2D eigenvalue weighted by Crippen LogP contribution is -2.21. The highest BCUT2D eigenvalue weighted by atomic mass is 16.1. The van der Waals surface area contributed by atoms with Crippen LogP contribution in [0.4, 0.5) is 5.82 Å². The number of H-pyrrole nitrogens is 1. The van der Waals surface area contributed by atoms with Gasteiger partial charge in [0.05, 0.1) is 0 Å². The average molecular weight is 182 g/mol. The van der Waals surface area contributed by atoms with E-state index in [1.54, 1.807) is 6.92 Å². The third kappa shape index (κ3) is 2.54. The second-order valence-electron chi connectivity index (χ2n) is 3.03. The van der Waals surface area contributed by atoms with Crippen molar-refractivity contribution in [2.75, 3.05) is 5.32 Å². The van der Waals surface area contributed by atoms with Crippen LogP contribution in [0.1, 0.15) is 26.0 Å². The molecule has 1 heterocycles. The van der Waals surface area contributed by atoms with Crippen molar-refractivity contribution < 1.29 is 0 Å². The second-order valence-corrected chi connectivity index (χ2v) is 3.03. The highest BCUT2D eigenvalue weighted by Crippen LogP contribution is 2.06. The number of hydrogen-bond acceptors (Lipinski definition) is 4. The van der Waals surface area contributed by atoms with Crippen LogP contribution in [0.5, 0.6) is 0 Å². The molecule has 0 spiro atoms.